The molecule has 3 rings (SSSR count). The summed E-state index contributed by atoms with van der Waals surface area (Å²) in [5.74, 6) is 0.196. The van der Waals surface area contributed by atoms with E-state index in [-0.39, 0.29) is 11.8 Å². The molecule has 6 heteroatoms. The number of anilines is 2. The number of ether oxygens (including phenoxy) is 1. The molecule has 0 spiro atoms. The summed E-state index contributed by atoms with van der Waals surface area (Å²) in [4.78, 5) is 25.0. The van der Waals surface area contributed by atoms with Crippen molar-refractivity contribution in [3.8, 4) is 5.75 Å². The number of hydrogen-bond acceptors (Lipinski definition) is 4. The summed E-state index contributed by atoms with van der Waals surface area (Å²) in [5.41, 5.74) is 1.74. The van der Waals surface area contributed by atoms with Gasteiger partial charge in [0.15, 0.2) is 6.10 Å². The Labute approximate surface area is 138 Å². The van der Waals surface area contributed by atoms with E-state index in [1.54, 1.807) is 49.0 Å². The van der Waals surface area contributed by atoms with Crippen LogP contribution in [0.25, 0.3) is 0 Å². The minimum atomic E-state index is -0.516. The van der Waals surface area contributed by atoms with Crippen LogP contribution in [-0.2, 0) is 4.79 Å². The molecule has 1 heterocycles. The van der Waals surface area contributed by atoms with Crippen molar-refractivity contribution in [1.29, 1.82) is 0 Å². The molecule has 0 aliphatic carbocycles. The Morgan fingerprint density at radius 2 is 1.96 bits per heavy atom. The molecule has 0 radical (unpaired) electrons. The third-order valence-electron chi connectivity index (χ3n) is 3.52. The maximum atomic E-state index is 12.3. The molecule has 2 amide bonds. The molecule has 2 aromatic rings. The highest BCUT2D eigenvalue weighted by Crippen LogP contribution is 2.32. The predicted octanol–water partition coefficient (Wildman–Crippen LogP) is 3.38. The lowest BCUT2D eigenvalue weighted by molar-refractivity contribution is -0.122. The summed E-state index contributed by atoms with van der Waals surface area (Å²) in [6, 6.07) is 12.5. The molecule has 1 aliphatic heterocycles. The second-order valence-corrected chi connectivity index (χ2v) is 6.02. The predicted molar refractivity (Wildman–Crippen MR) is 91.3 cm³/mol. The highest BCUT2D eigenvalue weighted by atomic mass is 32.2. The lowest BCUT2D eigenvalue weighted by Crippen LogP contribution is -2.34. The first kappa shape index (κ1) is 15.4. The number of nitrogens with one attached hydrogen (secondary N) is 2. The van der Waals surface area contributed by atoms with E-state index in [4.69, 9.17) is 4.74 Å². The van der Waals surface area contributed by atoms with Crippen molar-refractivity contribution >= 4 is 35.0 Å². The van der Waals surface area contributed by atoms with Gasteiger partial charge in [-0.15, -0.1) is 11.8 Å². The van der Waals surface area contributed by atoms with Crippen LogP contribution < -0.4 is 15.4 Å². The van der Waals surface area contributed by atoms with E-state index in [0.717, 1.165) is 4.90 Å². The van der Waals surface area contributed by atoms with Crippen molar-refractivity contribution in [3.63, 3.8) is 0 Å². The van der Waals surface area contributed by atoms with Crippen LogP contribution in [0.1, 0.15) is 17.3 Å². The summed E-state index contributed by atoms with van der Waals surface area (Å²) in [7, 11) is 0. The van der Waals surface area contributed by atoms with E-state index in [1.165, 1.54) is 0 Å². The van der Waals surface area contributed by atoms with Gasteiger partial charge >= 0.3 is 0 Å². The summed E-state index contributed by atoms with van der Waals surface area (Å²) in [6.45, 7) is 1.69. The molecule has 0 saturated carbocycles. The van der Waals surface area contributed by atoms with Crippen LogP contribution in [0.15, 0.2) is 47.4 Å². The van der Waals surface area contributed by atoms with Crippen LogP contribution >= 0.6 is 11.8 Å². The Hall–Kier alpha value is -2.47. The molecule has 0 unspecified atom stereocenters. The van der Waals surface area contributed by atoms with Gasteiger partial charge in [-0.1, -0.05) is 0 Å². The Balaban J connectivity index is 1.76. The van der Waals surface area contributed by atoms with Gasteiger partial charge in [0.25, 0.3) is 11.8 Å². The monoisotopic (exact) mass is 328 g/mol. The molecule has 0 fully saturated rings. The highest BCUT2D eigenvalue weighted by Gasteiger charge is 2.23. The van der Waals surface area contributed by atoms with Gasteiger partial charge in [0.2, 0.25) is 0 Å². The average Bonchev–Trinajstić information content (AvgIpc) is 2.56. The summed E-state index contributed by atoms with van der Waals surface area (Å²) in [5, 5.41) is 5.58. The maximum Gasteiger partial charge on any atom is 0.265 e. The van der Waals surface area contributed by atoms with Gasteiger partial charge in [-0.2, -0.15) is 0 Å². The topological polar surface area (TPSA) is 67.4 Å². The van der Waals surface area contributed by atoms with Crippen molar-refractivity contribution in [3.05, 3.63) is 48.0 Å². The fourth-order valence-electron chi connectivity index (χ4n) is 2.23. The molecule has 2 N–H and O–H groups in total. The largest absolute Gasteiger partial charge is 0.479 e. The minimum Gasteiger partial charge on any atom is -0.479 e. The van der Waals surface area contributed by atoms with Gasteiger partial charge in [0.05, 0.1) is 5.69 Å². The summed E-state index contributed by atoms with van der Waals surface area (Å²) < 4.78 is 5.49. The maximum absolute atomic E-state index is 12.3. The number of fused-ring (bicyclic) bond motifs is 1. The standard InChI is InChI=1S/C17H16N2O3S/c1-10-16(20)19-14-9-12(5-8-15(14)22-10)18-17(21)11-3-6-13(23-2)7-4-11/h3-10H,1-2H3,(H,18,21)(H,19,20)/t10-/m0/s1. The summed E-state index contributed by atoms with van der Waals surface area (Å²) in [6.07, 6.45) is 1.47. The molecule has 0 aromatic heterocycles. The average molecular weight is 328 g/mol. The third kappa shape index (κ3) is 3.32. The van der Waals surface area contributed by atoms with Crippen molar-refractivity contribution in [2.24, 2.45) is 0 Å². The van der Waals surface area contributed by atoms with Gasteiger partial charge in [-0.05, 0) is 55.6 Å². The van der Waals surface area contributed by atoms with E-state index < -0.39 is 6.10 Å². The third-order valence-corrected chi connectivity index (χ3v) is 4.26. The zero-order chi connectivity index (χ0) is 16.4. The lowest BCUT2D eigenvalue weighted by atomic mass is 10.2. The quantitative estimate of drug-likeness (QED) is 0.848. The van der Waals surface area contributed by atoms with E-state index >= 15 is 0 Å². The molecule has 0 saturated heterocycles. The van der Waals surface area contributed by atoms with Crippen LogP contribution in [0.4, 0.5) is 11.4 Å². The zero-order valence-electron chi connectivity index (χ0n) is 12.8. The van der Waals surface area contributed by atoms with Crippen molar-refractivity contribution in [2.75, 3.05) is 16.9 Å². The molecule has 1 aliphatic rings. The van der Waals surface area contributed by atoms with Gasteiger partial charge in [-0.25, -0.2) is 0 Å². The van der Waals surface area contributed by atoms with Gasteiger partial charge < -0.3 is 15.4 Å². The van der Waals surface area contributed by atoms with Crippen LogP contribution in [0.3, 0.4) is 0 Å². The normalized spacial score (nSPS) is 16.1. The molecule has 118 valence electrons. The molecular formula is C17H16N2O3S. The van der Waals surface area contributed by atoms with Gasteiger partial charge in [0, 0.05) is 16.1 Å². The Morgan fingerprint density at radius 1 is 1.22 bits per heavy atom. The second-order valence-electron chi connectivity index (χ2n) is 5.14. The smallest absolute Gasteiger partial charge is 0.265 e. The van der Waals surface area contributed by atoms with E-state index in [1.807, 2.05) is 18.4 Å². The lowest BCUT2D eigenvalue weighted by Gasteiger charge is -2.23. The first-order valence-electron chi connectivity index (χ1n) is 7.14. The summed E-state index contributed by atoms with van der Waals surface area (Å²) >= 11 is 1.62. The number of hydrogen-bond donors (Lipinski definition) is 2. The second kappa shape index (κ2) is 6.34. The zero-order valence-corrected chi connectivity index (χ0v) is 13.6. The number of carbonyl (C=O) groups is 2. The van der Waals surface area contributed by atoms with Crippen LogP contribution in [-0.4, -0.2) is 24.2 Å². The number of carbonyl (C=O) groups excluding carboxylic acids is 2. The Morgan fingerprint density at radius 3 is 2.65 bits per heavy atom. The molecule has 0 bridgehead atoms. The first-order valence-corrected chi connectivity index (χ1v) is 8.36. The molecule has 2 aromatic carbocycles. The number of amides is 2. The minimum absolute atomic E-state index is 0.200. The van der Waals surface area contributed by atoms with Crippen LogP contribution in [0.5, 0.6) is 5.75 Å². The fraction of sp³-hybridized carbons (Fsp3) is 0.176. The van der Waals surface area contributed by atoms with Crippen molar-refractivity contribution in [2.45, 2.75) is 17.9 Å². The SMILES string of the molecule is CSc1ccc(C(=O)Nc2ccc3c(c2)NC(=O)[C@H](C)O3)cc1. The molecule has 1 atom stereocenters. The first-order chi connectivity index (χ1) is 11.1. The Bertz CT molecular complexity index is 759. The van der Waals surface area contributed by atoms with Gasteiger partial charge in [0.1, 0.15) is 5.75 Å². The number of thioether (sulfide) groups is 1. The van der Waals surface area contributed by atoms with Crippen molar-refractivity contribution < 1.29 is 14.3 Å². The molecule has 23 heavy (non-hydrogen) atoms. The highest BCUT2D eigenvalue weighted by molar-refractivity contribution is 7.98. The van der Waals surface area contributed by atoms with E-state index in [2.05, 4.69) is 10.6 Å². The van der Waals surface area contributed by atoms with Gasteiger partial charge in [-0.3, -0.25) is 9.59 Å². The molecule has 5 nitrogen and oxygen atoms in total. The fourth-order valence-corrected chi connectivity index (χ4v) is 2.64. The number of benzene rings is 2. The Kier molecular flexibility index (Phi) is 4.25. The molecular weight excluding hydrogens is 312 g/mol. The van der Waals surface area contributed by atoms with Crippen LogP contribution in [0.2, 0.25) is 0 Å². The van der Waals surface area contributed by atoms with E-state index in [9.17, 15) is 9.59 Å². The van der Waals surface area contributed by atoms with Crippen molar-refractivity contribution in [1.82, 2.24) is 0 Å². The van der Waals surface area contributed by atoms with Crippen LogP contribution in [0, 0.1) is 0 Å². The van der Waals surface area contributed by atoms with E-state index in [0.29, 0.717) is 22.7 Å². The number of rotatable bonds is 3.